The van der Waals surface area contributed by atoms with Gasteiger partial charge in [0.1, 0.15) is 17.7 Å². The molecule has 0 aromatic heterocycles. The molecular weight excluding hydrogens is 338 g/mol. The van der Waals surface area contributed by atoms with Crippen molar-refractivity contribution in [2.75, 3.05) is 6.54 Å². The van der Waals surface area contributed by atoms with Gasteiger partial charge in [0.15, 0.2) is 0 Å². The fourth-order valence-corrected chi connectivity index (χ4v) is 3.12. The first-order valence-electron chi connectivity index (χ1n) is 8.64. The van der Waals surface area contributed by atoms with Gasteiger partial charge in [0, 0.05) is 13.1 Å². The zero-order valence-corrected chi connectivity index (χ0v) is 14.3. The fraction of sp³-hybridized carbons (Fsp3) is 0.300. The first-order valence-corrected chi connectivity index (χ1v) is 8.64. The smallest absolute Gasteiger partial charge is 0.257 e. The lowest BCUT2D eigenvalue weighted by atomic mass is 10.0. The Hall–Kier alpha value is -2.76. The zero-order chi connectivity index (χ0) is 18.5. The monoisotopic (exact) mass is 358 g/mol. The van der Waals surface area contributed by atoms with E-state index in [1.807, 2.05) is 0 Å². The average Bonchev–Trinajstić information content (AvgIpc) is 2.85. The van der Waals surface area contributed by atoms with Gasteiger partial charge >= 0.3 is 0 Å². The minimum absolute atomic E-state index is 0.0772. The van der Waals surface area contributed by atoms with Crippen molar-refractivity contribution in [2.45, 2.75) is 31.8 Å². The van der Waals surface area contributed by atoms with E-state index in [9.17, 15) is 18.4 Å². The molecule has 1 atom stereocenters. The van der Waals surface area contributed by atoms with Gasteiger partial charge in [-0.1, -0.05) is 24.3 Å². The summed E-state index contributed by atoms with van der Waals surface area (Å²) in [4.78, 5) is 26.9. The molecule has 1 aliphatic heterocycles. The van der Waals surface area contributed by atoms with Gasteiger partial charge in [-0.05, 0) is 49.1 Å². The van der Waals surface area contributed by atoms with Crippen LogP contribution in [0.4, 0.5) is 8.78 Å². The van der Waals surface area contributed by atoms with Crippen LogP contribution in [0, 0.1) is 11.6 Å². The molecule has 1 aliphatic rings. The van der Waals surface area contributed by atoms with Crippen molar-refractivity contribution in [2.24, 2.45) is 0 Å². The Morgan fingerprint density at radius 2 is 1.81 bits per heavy atom. The van der Waals surface area contributed by atoms with Gasteiger partial charge < -0.3 is 10.2 Å². The molecule has 1 unspecified atom stereocenters. The summed E-state index contributed by atoms with van der Waals surface area (Å²) in [6.45, 7) is 0.666. The summed E-state index contributed by atoms with van der Waals surface area (Å²) < 4.78 is 27.3. The SMILES string of the molecule is O=C1NCCCCC1N(Cc1ccc(F)cc1)C(=O)c1ccccc1F. The van der Waals surface area contributed by atoms with Crippen LogP contribution < -0.4 is 5.32 Å². The number of rotatable bonds is 4. The van der Waals surface area contributed by atoms with Crippen LogP contribution in [0.1, 0.15) is 35.2 Å². The van der Waals surface area contributed by atoms with Crippen molar-refractivity contribution in [3.05, 3.63) is 71.3 Å². The Balaban J connectivity index is 1.94. The van der Waals surface area contributed by atoms with Gasteiger partial charge in [0.25, 0.3) is 5.91 Å². The standard InChI is InChI=1S/C20H20F2N2O2/c21-15-10-8-14(9-11-15)13-24(18-7-3-4-12-23-19(18)25)20(26)16-5-1-2-6-17(16)22/h1-2,5-6,8-11,18H,3-4,7,12-13H2,(H,23,25). The number of nitrogens with one attached hydrogen (secondary N) is 1. The maximum absolute atomic E-state index is 14.1. The molecule has 0 saturated carbocycles. The van der Waals surface area contributed by atoms with Gasteiger partial charge in [-0.2, -0.15) is 0 Å². The van der Waals surface area contributed by atoms with Gasteiger partial charge in [0.2, 0.25) is 5.91 Å². The highest BCUT2D eigenvalue weighted by atomic mass is 19.1. The topological polar surface area (TPSA) is 49.4 Å². The van der Waals surface area contributed by atoms with Gasteiger partial charge in [-0.25, -0.2) is 8.78 Å². The lowest BCUT2D eigenvalue weighted by Gasteiger charge is -2.30. The van der Waals surface area contributed by atoms with Crippen LogP contribution in [0.2, 0.25) is 0 Å². The van der Waals surface area contributed by atoms with Crippen molar-refractivity contribution in [3.8, 4) is 0 Å². The van der Waals surface area contributed by atoms with Crippen LogP contribution >= 0.6 is 0 Å². The fourth-order valence-electron chi connectivity index (χ4n) is 3.12. The molecule has 4 nitrogen and oxygen atoms in total. The van der Waals surface area contributed by atoms with Crippen LogP contribution in [0.3, 0.4) is 0 Å². The summed E-state index contributed by atoms with van der Waals surface area (Å²) in [5.41, 5.74) is 0.597. The van der Waals surface area contributed by atoms with Crippen LogP contribution in [0.25, 0.3) is 0 Å². The Bertz CT molecular complexity index is 793. The normalized spacial score (nSPS) is 17.3. The molecule has 2 amide bonds. The van der Waals surface area contributed by atoms with E-state index in [4.69, 9.17) is 0 Å². The van der Waals surface area contributed by atoms with E-state index in [0.29, 0.717) is 18.5 Å². The van der Waals surface area contributed by atoms with Crippen molar-refractivity contribution < 1.29 is 18.4 Å². The molecule has 2 aromatic rings. The van der Waals surface area contributed by atoms with E-state index in [1.54, 1.807) is 18.2 Å². The van der Waals surface area contributed by atoms with Crippen molar-refractivity contribution in [3.63, 3.8) is 0 Å². The predicted octanol–water partition coefficient (Wildman–Crippen LogP) is 3.28. The number of carbonyl (C=O) groups is 2. The minimum Gasteiger partial charge on any atom is -0.354 e. The molecule has 26 heavy (non-hydrogen) atoms. The summed E-state index contributed by atoms with van der Waals surface area (Å²) in [6.07, 6.45) is 2.13. The number of benzene rings is 2. The number of hydrogen-bond donors (Lipinski definition) is 1. The molecule has 1 heterocycles. The van der Waals surface area contributed by atoms with Gasteiger partial charge in [0.05, 0.1) is 5.56 Å². The number of carbonyl (C=O) groups excluding carboxylic acids is 2. The molecule has 1 N–H and O–H groups in total. The summed E-state index contributed by atoms with van der Waals surface area (Å²) >= 11 is 0. The highest BCUT2D eigenvalue weighted by Crippen LogP contribution is 2.20. The van der Waals surface area contributed by atoms with Crippen molar-refractivity contribution in [1.82, 2.24) is 10.2 Å². The van der Waals surface area contributed by atoms with Crippen LogP contribution in [0.15, 0.2) is 48.5 Å². The predicted molar refractivity (Wildman–Crippen MR) is 93.3 cm³/mol. The lowest BCUT2D eigenvalue weighted by molar-refractivity contribution is -0.125. The second-order valence-electron chi connectivity index (χ2n) is 6.34. The Morgan fingerprint density at radius 1 is 1.08 bits per heavy atom. The molecule has 0 bridgehead atoms. The average molecular weight is 358 g/mol. The maximum atomic E-state index is 14.1. The van der Waals surface area contributed by atoms with Crippen molar-refractivity contribution in [1.29, 1.82) is 0 Å². The summed E-state index contributed by atoms with van der Waals surface area (Å²) in [7, 11) is 0. The summed E-state index contributed by atoms with van der Waals surface area (Å²) in [6, 6.07) is 10.8. The molecule has 0 spiro atoms. The van der Waals surface area contributed by atoms with Gasteiger partial charge in [-0.3, -0.25) is 9.59 Å². The number of halogens is 2. The Labute approximate surface area is 150 Å². The quantitative estimate of drug-likeness (QED) is 0.912. The van der Waals surface area contributed by atoms with E-state index in [0.717, 1.165) is 12.8 Å². The minimum atomic E-state index is -0.686. The number of nitrogens with zero attached hydrogens (tertiary/aromatic N) is 1. The number of hydrogen-bond acceptors (Lipinski definition) is 2. The highest BCUT2D eigenvalue weighted by Gasteiger charge is 2.32. The Kier molecular flexibility index (Phi) is 5.61. The van der Waals surface area contributed by atoms with Crippen LogP contribution in [-0.4, -0.2) is 29.3 Å². The van der Waals surface area contributed by atoms with E-state index in [-0.39, 0.29) is 23.8 Å². The third-order valence-corrected chi connectivity index (χ3v) is 4.51. The van der Waals surface area contributed by atoms with E-state index in [2.05, 4.69) is 5.32 Å². The van der Waals surface area contributed by atoms with Gasteiger partial charge in [-0.15, -0.1) is 0 Å². The van der Waals surface area contributed by atoms with Crippen molar-refractivity contribution >= 4 is 11.8 Å². The summed E-state index contributed by atoms with van der Waals surface area (Å²) in [5.74, 6) is -1.80. The van der Waals surface area contributed by atoms with E-state index >= 15 is 0 Å². The second-order valence-corrected chi connectivity index (χ2v) is 6.34. The molecule has 2 aromatic carbocycles. The Morgan fingerprint density at radius 3 is 2.54 bits per heavy atom. The number of amides is 2. The molecular formula is C20H20F2N2O2. The highest BCUT2D eigenvalue weighted by molar-refractivity contribution is 5.97. The first-order chi connectivity index (χ1) is 12.6. The molecule has 0 aliphatic carbocycles. The molecule has 3 rings (SSSR count). The largest absolute Gasteiger partial charge is 0.354 e. The molecule has 136 valence electrons. The first kappa shape index (κ1) is 18.0. The molecule has 1 saturated heterocycles. The molecule has 1 fully saturated rings. The van der Waals surface area contributed by atoms with Crippen LogP contribution in [-0.2, 0) is 11.3 Å². The third kappa shape index (κ3) is 4.07. The zero-order valence-electron chi connectivity index (χ0n) is 14.3. The second kappa shape index (κ2) is 8.08. The van der Waals surface area contributed by atoms with E-state index < -0.39 is 17.8 Å². The van der Waals surface area contributed by atoms with Crippen LogP contribution in [0.5, 0.6) is 0 Å². The summed E-state index contributed by atoms with van der Waals surface area (Å²) in [5, 5.41) is 2.80. The maximum Gasteiger partial charge on any atom is 0.257 e. The lowest BCUT2D eigenvalue weighted by Crippen LogP contribution is -2.48. The molecule has 0 radical (unpaired) electrons. The molecule has 6 heteroatoms. The third-order valence-electron chi connectivity index (χ3n) is 4.51. The van der Waals surface area contributed by atoms with E-state index in [1.165, 1.54) is 35.2 Å².